The monoisotopic (exact) mass is 409 g/mol. The minimum Gasteiger partial charge on any atom is -0.438 e. The van der Waals surface area contributed by atoms with Crippen molar-refractivity contribution in [1.82, 2.24) is 9.97 Å². The van der Waals surface area contributed by atoms with Crippen molar-refractivity contribution in [3.05, 3.63) is 77.9 Å². The number of nitrogens with zero attached hydrogens (tertiary/aromatic N) is 3. The first-order valence-electron chi connectivity index (χ1n) is 10.1. The highest BCUT2D eigenvalue weighted by atomic mass is 16.5. The molecular formula is C25H23N5O. The number of anilines is 3. The van der Waals surface area contributed by atoms with Gasteiger partial charge in [-0.25, -0.2) is 0 Å². The van der Waals surface area contributed by atoms with Gasteiger partial charge in [0.2, 0.25) is 11.8 Å². The lowest BCUT2D eigenvalue weighted by atomic mass is 10.1. The van der Waals surface area contributed by atoms with Gasteiger partial charge in [-0.3, -0.25) is 0 Å². The zero-order valence-electron chi connectivity index (χ0n) is 17.7. The Morgan fingerprint density at radius 3 is 2.35 bits per heavy atom. The molecule has 0 fully saturated rings. The highest BCUT2D eigenvalue weighted by Crippen LogP contribution is 2.35. The highest BCUT2D eigenvalue weighted by molar-refractivity contribution is 5.83. The number of nitrogens with one attached hydrogen (secondary N) is 2. The van der Waals surface area contributed by atoms with Gasteiger partial charge in [0, 0.05) is 12.7 Å². The molecule has 0 aliphatic heterocycles. The fraction of sp³-hybridized carbons (Fsp3) is 0.160. The molecule has 0 aliphatic carbocycles. The van der Waals surface area contributed by atoms with Crippen molar-refractivity contribution in [1.29, 1.82) is 5.26 Å². The molecule has 1 heterocycles. The summed E-state index contributed by atoms with van der Waals surface area (Å²) >= 11 is 0. The van der Waals surface area contributed by atoms with Crippen molar-refractivity contribution in [2.75, 3.05) is 17.7 Å². The molecule has 0 radical (unpaired) electrons. The summed E-state index contributed by atoms with van der Waals surface area (Å²) in [4.78, 5) is 9.29. The first kappa shape index (κ1) is 20.2. The number of rotatable bonds is 6. The second-order valence-electron chi connectivity index (χ2n) is 7.44. The Bertz CT molecular complexity index is 1260. The number of aromatic nitrogens is 2. The third kappa shape index (κ3) is 4.41. The average molecular weight is 409 g/mol. The van der Waals surface area contributed by atoms with Crippen LogP contribution in [0.1, 0.15) is 30.9 Å². The van der Waals surface area contributed by atoms with Crippen molar-refractivity contribution in [2.24, 2.45) is 0 Å². The maximum absolute atomic E-state index is 8.99. The molecule has 4 aromatic rings. The summed E-state index contributed by atoms with van der Waals surface area (Å²) in [5.41, 5.74) is 2.29. The van der Waals surface area contributed by atoms with Crippen molar-refractivity contribution >= 4 is 28.2 Å². The van der Waals surface area contributed by atoms with Crippen LogP contribution in [0.15, 0.2) is 66.7 Å². The van der Waals surface area contributed by atoms with Gasteiger partial charge in [-0.15, -0.1) is 0 Å². The van der Waals surface area contributed by atoms with Crippen LogP contribution in [0.25, 0.3) is 10.8 Å². The van der Waals surface area contributed by atoms with Crippen molar-refractivity contribution in [2.45, 2.75) is 19.8 Å². The summed E-state index contributed by atoms with van der Waals surface area (Å²) in [6.45, 7) is 4.17. The van der Waals surface area contributed by atoms with E-state index in [1.165, 1.54) is 0 Å². The summed E-state index contributed by atoms with van der Waals surface area (Å²) in [5, 5.41) is 17.6. The molecule has 0 spiro atoms. The molecule has 154 valence electrons. The zero-order valence-corrected chi connectivity index (χ0v) is 17.7. The highest BCUT2D eigenvalue weighted by Gasteiger charge is 2.19. The summed E-state index contributed by atoms with van der Waals surface area (Å²) in [5.74, 6) is 2.49. The third-order valence-corrected chi connectivity index (χ3v) is 4.93. The number of nitriles is 1. The summed E-state index contributed by atoms with van der Waals surface area (Å²) in [7, 11) is 1.83. The minimum absolute atomic E-state index is 0.155. The van der Waals surface area contributed by atoms with E-state index >= 15 is 0 Å². The van der Waals surface area contributed by atoms with E-state index in [1.807, 2.05) is 49.5 Å². The zero-order chi connectivity index (χ0) is 21.8. The van der Waals surface area contributed by atoms with E-state index in [1.54, 1.807) is 12.1 Å². The molecule has 3 aromatic carbocycles. The molecule has 0 saturated heterocycles. The Kier molecular flexibility index (Phi) is 5.67. The normalized spacial score (nSPS) is 10.7. The Labute approximate surface area is 181 Å². The van der Waals surface area contributed by atoms with E-state index in [0.717, 1.165) is 22.0 Å². The van der Waals surface area contributed by atoms with Gasteiger partial charge in [0.1, 0.15) is 11.6 Å². The van der Waals surface area contributed by atoms with Gasteiger partial charge in [-0.05, 0) is 53.1 Å². The summed E-state index contributed by atoms with van der Waals surface area (Å²) in [6, 6.07) is 23.4. The van der Waals surface area contributed by atoms with E-state index in [9.17, 15) is 0 Å². The van der Waals surface area contributed by atoms with Gasteiger partial charge >= 0.3 is 0 Å². The molecular weight excluding hydrogens is 386 g/mol. The minimum atomic E-state index is 0.155. The van der Waals surface area contributed by atoms with Crippen LogP contribution in [0.2, 0.25) is 0 Å². The van der Waals surface area contributed by atoms with E-state index in [4.69, 9.17) is 10.00 Å². The molecule has 0 unspecified atom stereocenters. The molecule has 31 heavy (non-hydrogen) atoms. The van der Waals surface area contributed by atoms with E-state index in [2.05, 4.69) is 52.7 Å². The van der Waals surface area contributed by atoms with Gasteiger partial charge in [0.05, 0.1) is 17.2 Å². The second kappa shape index (κ2) is 8.72. The smallest absolute Gasteiger partial charge is 0.232 e. The molecule has 6 heteroatoms. The number of hydrogen-bond donors (Lipinski definition) is 2. The van der Waals surface area contributed by atoms with Crippen LogP contribution in [0.3, 0.4) is 0 Å². The van der Waals surface area contributed by atoms with Crippen molar-refractivity contribution < 1.29 is 4.74 Å². The Morgan fingerprint density at radius 2 is 1.68 bits per heavy atom. The number of ether oxygens (including phenoxy) is 1. The predicted octanol–water partition coefficient (Wildman–Crippen LogP) is 6.20. The predicted molar refractivity (Wildman–Crippen MR) is 124 cm³/mol. The van der Waals surface area contributed by atoms with Crippen molar-refractivity contribution in [3.8, 4) is 17.7 Å². The fourth-order valence-corrected chi connectivity index (χ4v) is 3.39. The van der Waals surface area contributed by atoms with Crippen LogP contribution < -0.4 is 15.4 Å². The molecule has 6 nitrogen and oxygen atoms in total. The maximum Gasteiger partial charge on any atom is 0.232 e. The van der Waals surface area contributed by atoms with Crippen LogP contribution >= 0.6 is 0 Å². The lowest BCUT2D eigenvalue weighted by Crippen LogP contribution is -2.08. The van der Waals surface area contributed by atoms with E-state index in [0.29, 0.717) is 29.0 Å². The largest absolute Gasteiger partial charge is 0.438 e. The van der Waals surface area contributed by atoms with Gasteiger partial charge in [0.25, 0.3) is 0 Å². The van der Waals surface area contributed by atoms with Crippen LogP contribution in [0.5, 0.6) is 11.6 Å². The Balaban J connectivity index is 1.72. The standard InChI is InChI=1S/C25H23N5O/c1-16(2)22-23(27-3)29-25(28-20-11-8-17(15-26)9-12-20)30-24(22)31-21-13-10-18-6-4-5-7-19(18)14-21/h4-14,16H,1-3H3,(H2,27,28,29,30). The van der Waals surface area contributed by atoms with Crippen LogP contribution in [-0.4, -0.2) is 17.0 Å². The number of hydrogen-bond acceptors (Lipinski definition) is 6. The Morgan fingerprint density at radius 1 is 0.935 bits per heavy atom. The van der Waals surface area contributed by atoms with Gasteiger partial charge < -0.3 is 15.4 Å². The molecule has 0 bridgehead atoms. The first-order valence-corrected chi connectivity index (χ1v) is 10.1. The summed E-state index contributed by atoms with van der Waals surface area (Å²) < 4.78 is 6.26. The molecule has 0 aliphatic rings. The third-order valence-electron chi connectivity index (χ3n) is 4.93. The Hall–Kier alpha value is -4.11. The van der Waals surface area contributed by atoms with Crippen molar-refractivity contribution in [3.63, 3.8) is 0 Å². The number of fused-ring (bicyclic) bond motifs is 1. The molecule has 0 amide bonds. The number of benzene rings is 3. The molecule has 2 N–H and O–H groups in total. The topological polar surface area (TPSA) is 82.9 Å². The van der Waals surface area contributed by atoms with Gasteiger partial charge in [0.15, 0.2) is 0 Å². The molecule has 0 atom stereocenters. The van der Waals surface area contributed by atoms with Gasteiger partial charge in [-0.1, -0.05) is 44.2 Å². The molecule has 4 rings (SSSR count). The summed E-state index contributed by atoms with van der Waals surface area (Å²) in [6.07, 6.45) is 0. The average Bonchev–Trinajstić information content (AvgIpc) is 2.79. The maximum atomic E-state index is 8.99. The lowest BCUT2D eigenvalue weighted by Gasteiger charge is -2.18. The second-order valence-corrected chi connectivity index (χ2v) is 7.44. The molecule has 0 saturated carbocycles. The molecule has 1 aromatic heterocycles. The van der Waals surface area contributed by atoms with E-state index < -0.39 is 0 Å². The van der Waals surface area contributed by atoms with Crippen LogP contribution in [-0.2, 0) is 0 Å². The lowest BCUT2D eigenvalue weighted by molar-refractivity contribution is 0.453. The van der Waals surface area contributed by atoms with Crippen LogP contribution in [0.4, 0.5) is 17.5 Å². The van der Waals surface area contributed by atoms with Crippen LogP contribution in [0, 0.1) is 11.3 Å². The fourth-order valence-electron chi connectivity index (χ4n) is 3.39. The van der Waals surface area contributed by atoms with E-state index in [-0.39, 0.29) is 5.92 Å². The van der Waals surface area contributed by atoms with Gasteiger partial charge in [-0.2, -0.15) is 15.2 Å². The SMILES string of the molecule is CNc1nc(Nc2ccc(C#N)cc2)nc(Oc2ccc3ccccc3c2)c1C(C)C. The quantitative estimate of drug-likeness (QED) is 0.394. The first-order chi connectivity index (χ1) is 15.1.